The number of halogens is 1. The minimum Gasteiger partial charge on any atom is -0.591 e. The molecule has 0 aliphatic carbocycles. The number of carbonyl (C=O) groups excluding carboxylic acids is 1. The molecule has 0 fully saturated rings. The van der Waals surface area contributed by atoms with Crippen molar-refractivity contribution in [3.05, 3.63) is 22.3 Å². The molecular weight excluding hydrogens is 330 g/mol. The Morgan fingerprint density at radius 1 is 1.53 bits per heavy atom. The zero-order valence-electron chi connectivity index (χ0n) is 11.2. The van der Waals surface area contributed by atoms with Gasteiger partial charge in [-0.3, -0.25) is 4.79 Å². The first kappa shape index (κ1) is 16.1. The Kier molecular flexibility index (Phi) is 5.51. The van der Waals surface area contributed by atoms with Gasteiger partial charge in [-0.15, -0.1) is 0 Å². The highest BCUT2D eigenvalue weighted by atomic mass is 79.9. The first-order chi connectivity index (χ1) is 8.70. The smallest absolute Gasteiger partial charge is 0.222 e. The Balaban J connectivity index is 2.94. The van der Waals surface area contributed by atoms with E-state index < -0.39 is 16.1 Å². The molecule has 0 aliphatic heterocycles. The summed E-state index contributed by atoms with van der Waals surface area (Å²) in [7, 11) is 0. The summed E-state index contributed by atoms with van der Waals surface area (Å²) in [6, 6.07) is 3.42. The molecule has 1 atom stereocenters. The van der Waals surface area contributed by atoms with Crippen LogP contribution in [0.3, 0.4) is 0 Å². The van der Waals surface area contributed by atoms with Gasteiger partial charge < -0.3 is 9.87 Å². The predicted molar refractivity (Wildman–Crippen MR) is 81.7 cm³/mol. The van der Waals surface area contributed by atoms with Gasteiger partial charge in [0.25, 0.3) is 0 Å². The second-order valence-corrected chi connectivity index (χ2v) is 7.63. The molecule has 0 radical (unpaired) electrons. The number of carbonyl (C=O) groups is 1. The van der Waals surface area contributed by atoms with Gasteiger partial charge in [0.05, 0.1) is 0 Å². The first-order valence-electron chi connectivity index (χ1n) is 5.60. The van der Waals surface area contributed by atoms with Gasteiger partial charge in [0, 0.05) is 11.4 Å². The highest BCUT2D eigenvalue weighted by Crippen LogP contribution is 2.19. The van der Waals surface area contributed by atoms with Gasteiger partial charge in [0.15, 0.2) is 0 Å². The van der Waals surface area contributed by atoms with Gasteiger partial charge in [-0.1, -0.05) is 4.40 Å². The van der Waals surface area contributed by atoms with Crippen LogP contribution in [0.25, 0.3) is 0 Å². The number of aromatic nitrogens is 1. The van der Waals surface area contributed by atoms with Gasteiger partial charge in [-0.2, -0.15) is 0 Å². The van der Waals surface area contributed by atoms with Gasteiger partial charge >= 0.3 is 0 Å². The summed E-state index contributed by atoms with van der Waals surface area (Å²) in [6.45, 7) is 6.94. The zero-order chi connectivity index (χ0) is 14.6. The lowest BCUT2D eigenvalue weighted by molar-refractivity contribution is -0.114. The van der Waals surface area contributed by atoms with Crippen molar-refractivity contribution >= 4 is 45.2 Å². The van der Waals surface area contributed by atoms with Crippen LogP contribution >= 0.6 is 15.9 Å². The number of nitrogens with zero attached hydrogens (tertiary/aromatic N) is 2. The largest absolute Gasteiger partial charge is 0.591 e. The van der Waals surface area contributed by atoms with Gasteiger partial charge in [-0.25, -0.2) is 4.98 Å². The van der Waals surface area contributed by atoms with Crippen LogP contribution in [-0.4, -0.2) is 26.4 Å². The molecule has 0 saturated heterocycles. The first-order valence-corrected chi connectivity index (χ1v) is 7.50. The minimum absolute atomic E-state index is 0.198. The van der Waals surface area contributed by atoms with Crippen LogP contribution < -0.4 is 5.32 Å². The molecule has 5 nitrogen and oxygen atoms in total. The maximum absolute atomic E-state index is 11.8. The third-order valence-electron chi connectivity index (χ3n) is 1.97. The average Bonchev–Trinajstić information content (AvgIpc) is 2.27. The molecule has 1 heterocycles. The predicted octanol–water partition coefficient (Wildman–Crippen LogP) is 2.68. The van der Waals surface area contributed by atoms with Crippen molar-refractivity contribution < 1.29 is 9.35 Å². The number of hydrogen-bond acceptors (Lipinski definition) is 4. The Morgan fingerprint density at radius 3 is 2.68 bits per heavy atom. The number of hydrogen-bond donors (Lipinski definition) is 1. The van der Waals surface area contributed by atoms with Gasteiger partial charge in [-0.05, 0) is 48.8 Å². The van der Waals surface area contributed by atoms with Crippen molar-refractivity contribution in [2.75, 3.05) is 5.32 Å². The summed E-state index contributed by atoms with van der Waals surface area (Å²) in [5.41, 5.74) is 0.517. The molecule has 1 N–H and O–H groups in total. The molecule has 0 bridgehead atoms. The Hall–Kier alpha value is -0.920. The molecule has 19 heavy (non-hydrogen) atoms. The Morgan fingerprint density at radius 2 is 2.16 bits per heavy atom. The van der Waals surface area contributed by atoms with E-state index in [0.29, 0.717) is 11.5 Å². The van der Waals surface area contributed by atoms with Crippen molar-refractivity contribution in [3.63, 3.8) is 0 Å². The second kappa shape index (κ2) is 6.49. The lowest BCUT2D eigenvalue weighted by atomic mass is 10.3. The lowest BCUT2D eigenvalue weighted by Crippen LogP contribution is -2.25. The summed E-state index contributed by atoms with van der Waals surface area (Å²) in [5, 5.41) is 2.58. The zero-order valence-corrected chi connectivity index (χ0v) is 13.6. The number of rotatable bonds is 3. The molecule has 1 aromatic rings. The molecule has 0 aromatic carbocycles. The third kappa shape index (κ3) is 5.30. The van der Waals surface area contributed by atoms with E-state index in [1.807, 2.05) is 20.8 Å². The summed E-state index contributed by atoms with van der Waals surface area (Å²) < 4.78 is 16.1. The van der Waals surface area contributed by atoms with E-state index in [9.17, 15) is 9.35 Å². The van der Waals surface area contributed by atoms with E-state index in [-0.39, 0.29) is 5.91 Å². The molecule has 1 amide bonds. The van der Waals surface area contributed by atoms with Gasteiger partial charge in [0.2, 0.25) is 5.91 Å². The van der Waals surface area contributed by atoms with Crippen molar-refractivity contribution in [2.45, 2.75) is 32.4 Å². The van der Waals surface area contributed by atoms with Gasteiger partial charge in [0.1, 0.15) is 33.8 Å². The summed E-state index contributed by atoms with van der Waals surface area (Å²) in [6.07, 6.45) is 1.44. The molecule has 7 heteroatoms. The van der Waals surface area contributed by atoms with E-state index in [1.165, 1.54) is 13.1 Å². The molecular formula is C12H16BrN3O2S. The molecule has 0 saturated carbocycles. The van der Waals surface area contributed by atoms with Crippen LogP contribution in [0.5, 0.6) is 0 Å². The summed E-state index contributed by atoms with van der Waals surface area (Å²) in [5.74, 6) is 0.231. The monoisotopic (exact) mass is 345 g/mol. The van der Waals surface area contributed by atoms with E-state index in [2.05, 4.69) is 30.6 Å². The van der Waals surface area contributed by atoms with Crippen LogP contribution in [0, 0.1) is 0 Å². The molecule has 0 spiro atoms. The normalized spacial score (nSPS) is 13.6. The SMILES string of the molecule is CC(=O)Nc1ccc(Br)c(/C=N\[S@@+]([O-])C(C)(C)C)n1. The van der Waals surface area contributed by atoms with Crippen molar-refractivity contribution in [2.24, 2.45) is 4.40 Å². The molecule has 104 valence electrons. The summed E-state index contributed by atoms with van der Waals surface area (Å²) >= 11 is 1.99. The molecule has 0 unspecified atom stereocenters. The van der Waals surface area contributed by atoms with Crippen molar-refractivity contribution in [1.82, 2.24) is 4.98 Å². The number of anilines is 1. The van der Waals surface area contributed by atoms with Crippen molar-refractivity contribution in [3.8, 4) is 0 Å². The summed E-state index contributed by atoms with van der Waals surface area (Å²) in [4.78, 5) is 15.2. The topological polar surface area (TPSA) is 77.4 Å². The minimum atomic E-state index is -1.34. The average molecular weight is 346 g/mol. The lowest BCUT2D eigenvalue weighted by Gasteiger charge is -2.17. The number of nitrogens with one attached hydrogen (secondary N) is 1. The standard InChI is InChI=1S/C12H16BrN3O2S/c1-8(17)15-11-6-5-9(13)10(16-11)7-14-19(18)12(2,3)4/h5-7H,1-4H3,(H,15,16,17)/b14-7-/t19-/m0/s1. The van der Waals surface area contributed by atoms with Crippen LogP contribution in [0.1, 0.15) is 33.4 Å². The van der Waals surface area contributed by atoms with Crippen LogP contribution in [-0.2, 0) is 16.2 Å². The van der Waals surface area contributed by atoms with Crippen molar-refractivity contribution in [1.29, 1.82) is 0 Å². The fourth-order valence-electron chi connectivity index (χ4n) is 1.05. The second-order valence-electron chi connectivity index (χ2n) is 4.84. The van der Waals surface area contributed by atoms with E-state index in [4.69, 9.17) is 0 Å². The highest BCUT2D eigenvalue weighted by Gasteiger charge is 2.25. The fourth-order valence-corrected chi connectivity index (χ4v) is 1.89. The Labute approximate surface area is 124 Å². The fraction of sp³-hybridized carbons (Fsp3) is 0.417. The maximum atomic E-state index is 11.8. The number of amides is 1. The molecule has 0 aliphatic rings. The highest BCUT2D eigenvalue weighted by molar-refractivity contribution is 9.10. The van der Waals surface area contributed by atoms with E-state index in [1.54, 1.807) is 12.1 Å². The Bertz CT molecular complexity index is 500. The van der Waals surface area contributed by atoms with E-state index in [0.717, 1.165) is 4.47 Å². The van der Waals surface area contributed by atoms with Crippen LogP contribution in [0.2, 0.25) is 0 Å². The number of pyridine rings is 1. The van der Waals surface area contributed by atoms with Crippen LogP contribution in [0.15, 0.2) is 21.0 Å². The molecule has 1 rings (SSSR count). The molecule has 1 aromatic heterocycles. The maximum Gasteiger partial charge on any atom is 0.222 e. The third-order valence-corrected chi connectivity index (χ3v) is 3.99. The van der Waals surface area contributed by atoms with Crippen LogP contribution in [0.4, 0.5) is 5.82 Å². The quantitative estimate of drug-likeness (QED) is 0.675. The van der Waals surface area contributed by atoms with E-state index >= 15 is 0 Å².